The molecule has 0 spiro atoms. The van der Waals surface area contributed by atoms with Gasteiger partial charge in [-0.05, 0) is 54.1 Å². The van der Waals surface area contributed by atoms with E-state index in [0.717, 1.165) is 22.9 Å². The lowest BCUT2D eigenvalue weighted by molar-refractivity contribution is -0.115. The topological polar surface area (TPSA) is 88.2 Å². The van der Waals surface area contributed by atoms with Gasteiger partial charge in [-0.15, -0.1) is 0 Å². The molecule has 0 atom stereocenters. The molecule has 6 nitrogen and oxygen atoms in total. The van der Waals surface area contributed by atoms with E-state index in [4.69, 9.17) is 0 Å². The quantitative estimate of drug-likeness (QED) is 0.839. The highest BCUT2D eigenvalue weighted by molar-refractivity contribution is 8.18. The molecule has 0 saturated carbocycles. The first-order chi connectivity index (χ1) is 11.5. The average molecular weight is 339 g/mol. The van der Waals surface area contributed by atoms with E-state index in [9.17, 15) is 14.4 Å². The summed E-state index contributed by atoms with van der Waals surface area (Å²) in [6, 6.07) is 10.3. The highest BCUT2D eigenvalue weighted by Gasteiger charge is 2.24. The van der Waals surface area contributed by atoms with Gasteiger partial charge in [0.2, 0.25) is 0 Å². The van der Waals surface area contributed by atoms with Gasteiger partial charge >= 0.3 is 0 Å². The Bertz CT molecular complexity index is 842. The van der Waals surface area contributed by atoms with E-state index in [1.807, 2.05) is 13.0 Å². The van der Waals surface area contributed by atoms with Gasteiger partial charge in [0.15, 0.2) is 0 Å². The number of anilines is 1. The zero-order chi connectivity index (χ0) is 17.1. The number of hydrogen-bond donors (Lipinski definition) is 2. The predicted molar refractivity (Wildman–Crippen MR) is 92.5 cm³/mol. The minimum Gasteiger partial charge on any atom is -0.307 e. The summed E-state index contributed by atoms with van der Waals surface area (Å²) in [5, 5.41) is 4.52. The summed E-state index contributed by atoms with van der Waals surface area (Å²) < 4.78 is 0. The highest BCUT2D eigenvalue weighted by Crippen LogP contribution is 2.25. The first-order valence-corrected chi connectivity index (χ1v) is 7.92. The molecule has 24 heavy (non-hydrogen) atoms. The van der Waals surface area contributed by atoms with Gasteiger partial charge in [0.1, 0.15) is 5.82 Å². The Labute approximate surface area is 142 Å². The number of thioether (sulfide) groups is 1. The predicted octanol–water partition coefficient (Wildman–Crippen LogP) is 2.97. The molecular weight excluding hydrogens is 326 g/mol. The molecule has 1 saturated heterocycles. The number of amides is 3. The van der Waals surface area contributed by atoms with Crippen molar-refractivity contribution in [2.24, 2.45) is 0 Å². The molecule has 3 rings (SSSR count). The van der Waals surface area contributed by atoms with Crippen LogP contribution in [0.1, 0.15) is 21.5 Å². The maximum atomic E-state index is 12.2. The van der Waals surface area contributed by atoms with E-state index in [2.05, 4.69) is 15.6 Å². The maximum absolute atomic E-state index is 12.2. The number of rotatable bonds is 3. The lowest BCUT2D eigenvalue weighted by atomic mass is 10.1. The van der Waals surface area contributed by atoms with Crippen LogP contribution in [0.2, 0.25) is 0 Å². The lowest BCUT2D eigenvalue weighted by Gasteiger charge is -2.05. The minimum atomic E-state index is -0.405. The number of nitrogens with zero attached hydrogens (tertiary/aromatic N) is 1. The SMILES string of the molecule is Cc1ccc(NC(=O)c2ccc(/C=C3\SC(=O)NC3=O)cc2)nc1. The second-order valence-electron chi connectivity index (χ2n) is 5.15. The van der Waals surface area contributed by atoms with E-state index in [0.29, 0.717) is 16.3 Å². The van der Waals surface area contributed by atoms with Gasteiger partial charge in [-0.2, -0.15) is 0 Å². The fourth-order valence-corrected chi connectivity index (χ4v) is 2.72. The molecular formula is C17H13N3O3S. The Hall–Kier alpha value is -2.93. The van der Waals surface area contributed by atoms with Crippen molar-refractivity contribution in [3.63, 3.8) is 0 Å². The summed E-state index contributed by atoms with van der Waals surface area (Å²) in [6.07, 6.45) is 3.28. The Kier molecular flexibility index (Phi) is 4.43. The van der Waals surface area contributed by atoms with Crippen LogP contribution in [-0.2, 0) is 4.79 Å². The molecule has 2 N–H and O–H groups in total. The van der Waals surface area contributed by atoms with Crippen molar-refractivity contribution >= 4 is 40.7 Å². The Morgan fingerprint density at radius 1 is 1.17 bits per heavy atom. The summed E-state index contributed by atoms with van der Waals surface area (Å²) in [4.78, 5) is 39.3. The standard InChI is InChI=1S/C17H13N3O3S/c1-10-2-7-14(18-9-10)19-15(21)12-5-3-11(4-6-12)8-13-16(22)20-17(23)24-13/h2-9H,1H3,(H,18,19,21)(H,20,22,23)/b13-8-. The van der Waals surface area contributed by atoms with Crippen molar-refractivity contribution in [1.82, 2.24) is 10.3 Å². The molecule has 2 heterocycles. The fraction of sp³-hybridized carbons (Fsp3) is 0.0588. The van der Waals surface area contributed by atoms with Crippen LogP contribution >= 0.6 is 11.8 Å². The number of aromatic nitrogens is 1. The number of benzene rings is 1. The van der Waals surface area contributed by atoms with Crippen molar-refractivity contribution < 1.29 is 14.4 Å². The van der Waals surface area contributed by atoms with Crippen molar-refractivity contribution in [3.05, 3.63) is 64.2 Å². The summed E-state index contributed by atoms with van der Waals surface area (Å²) in [7, 11) is 0. The largest absolute Gasteiger partial charge is 0.307 e. The van der Waals surface area contributed by atoms with Gasteiger partial charge in [-0.3, -0.25) is 19.7 Å². The summed E-state index contributed by atoms with van der Waals surface area (Å²) in [5.74, 6) is -0.194. The first-order valence-electron chi connectivity index (χ1n) is 7.10. The molecule has 1 aliphatic heterocycles. The lowest BCUT2D eigenvalue weighted by Crippen LogP contribution is -2.17. The number of imide groups is 1. The molecule has 2 aromatic rings. The molecule has 0 unspecified atom stereocenters. The molecule has 1 aliphatic rings. The highest BCUT2D eigenvalue weighted by atomic mass is 32.2. The normalized spacial score (nSPS) is 15.5. The third-order valence-electron chi connectivity index (χ3n) is 3.27. The van der Waals surface area contributed by atoms with Gasteiger partial charge in [0.25, 0.3) is 17.1 Å². The fourth-order valence-electron chi connectivity index (χ4n) is 2.03. The number of hydrogen-bond acceptors (Lipinski definition) is 5. The molecule has 1 aromatic carbocycles. The third kappa shape index (κ3) is 3.69. The smallest absolute Gasteiger partial charge is 0.290 e. The van der Waals surface area contributed by atoms with E-state index in [1.165, 1.54) is 0 Å². The van der Waals surface area contributed by atoms with Crippen LogP contribution in [0.15, 0.2) is 47.5 Å². The summed E-state index contributed by atoms with van der Waals surface area (Å²) in [5.41, 5.74) is 2.21. The molecule has 120 valence electrons. The molecule has 0 aliphatic carbocycles. The third-order valence-corrected chi connectivity index (χ3v) is 4.08. The van der Waals surface area contributed by atoms with Crippen molar-refractivity contribution in [1.29, 1.82) is 0 Å². The number of pyridine rings is 1. The van der Waals surface area contributed by atoms with E-state index >= 15 is 0 Å². The monoisotopic (exact) mass is 339 g/mol. The molecule has 7 heteroatoms. The van der Waals surface area contributed by atoms with Crippen LogP contribution in [0.4, 0.5) is 10.6 Å². The summed E-state index contributed by atoms with van der Waals surface area (Å²) >= 11 is 0.856. The maximum Gasteiger partial charge on any atom is 0.290 e. The van der Waals surface area contributed by atoms with Gasteiger partial charge in [0.05, 0.1) is 4.91 Å². The number of carbonyl (C=O) groups is 3. The van der Waals surface area contributed by atoms with Crippen LogP contribution in [0.5, 0.6) is 0 Å². The Balaban J connectivity index is 1.71. The van der Waals surface area contributed by atoms with Crippen LogP contribution in [0.25, 0.3) is 6.08 Å². The van der Waals surface area contributed by atoms with Crippen LogP contribution in [-0.4, -0.2) is 22.0 Å². The van der Waals surface area contributed by atoms with E-state index in [1.54, 1.807) is 42.6 Å². The van der Waals surface area contributed by atoms with Crippen molar-refractivity contribution in [3.8, 4) is 0 Å². The number of aryl methyl sites for hydroxylation is 1. The number of carbonyl (C=O) groups excluding carboxylic acids is 3. The molecule has 0 bridgehead atoms. The van der Waals surface area contributed by atoms with Crippen LogP contribution in [0.3, 0.4) is 0 Å². The van der Waals surface area contributed by atoms with Crippen molar-refractivity contribution in [2.45, 2.75) is 6.92 Å². The van der Waals surface area contributed by atoms with Crippen molar-refractivity contribution in [2.75, 3.05) is 5.32 Å². The Morgan fingerprint density at radius 3 is 2.50 bits per heavy atom. The van der Waals surface area contributed by atoms with Gasteiger partial charge in [-0.1, -0.05) is 18.2 Å². The van der Waals surface area contributed by atoms with Gasteiger partial charge in [0, 0.05) is 11.8 Å². The zero-order valence-corrected chi connectivity index (χ0v) is 13.5. The van der Waals surface area contributed by atoms with Crippen LogP contribution < -0.4 is 10.6 Å². The van der Waals surface area contributed by atoms with Gasteiger partial charge < -0.3 is 5.32 Å². The average Bonchev–Trinajstić information content (AvgIpc) is 2.88. The molecule has 0 radical (unpaired) electrons. The molecule has 1 fully saturated rings. The van der Waals surface area contributed by atoms with Crippen LogP contribution in [0, 0.1) is 6.92 Å². The molecule has 3 amide bonds. The van der Waals surface area contributed by atoms with Gasteiger partial charge in [-0.25, -0.2) is 4.98 Å². The van der Waals surface area contributed by atoms with E-state index in [-0.39, 0.29) is 11.1 Å². The zero-order valence-electron chi connectivity index (χ0n) is 12.7. The minimum absolute atomic E-state index is 0.270. The first kappa shape index (κ1) is 15.9. The summed E-state index contributed by atoms with van der Waals surface area (Å²) in [6.45, 7) is 1.92. The van der Waals surface area contributed by atoms with E-state index < -0.39 is 5.91 Å². The molecule has 1 aromatic heterocycles. The number of nitrogens with one attached hydrogen (secondary N) is 2. The second kappa shape index (κ2) is 6.67. The second-order valence-corrected chi connectivity index (χ2v) is 6.16. The Morgan fingerprint density at radius 2 is 1.92 bits per heavy atom.